The molecule has 90 valence electrons. The fourth-order valence-electron chi connectivity index (χ4n) is 2.37. The molecule has 1 heterocycles. The molecule has 0 unspecified atom stereocenters. The van der Waals surface area contributed by atoms with E-state index >= 15 is 0 Å². The van der Waals surface area contributed by atoms with E-state index in [2.05, 4.69) is 15.6 Å². The molecule has 1 fully saturated rings. The van der Waals surface area contributed by atoms with Crippen molar-refractivity contribution >= 4 is 23.3 Å². The third-order valence-corrected chi connectivity index (χ3v) is 3.97. The van der Waals surface area contributed by atoms with Gasteiger partial charge in [0, 0.05) is 12.6 Å². The van der Waals surface area contributed by atoms with E-state index in [1.54, 1.807) is 7.11 Å². The Morgan fingerprint density at radius 2 is 2.29 bits per heavy atom. The largest absolute Gasteiger partial charge is 0.497 e. The number of benzene rings is 1. The van der Waals surface area contributed by atoms with E-state index in [9.17, 15) is 0 Å². The normalized spacial score (nSPS) is 16.1. The molecule has 1 aliphatic rings. The molecule has 4 heteroatoms. The highest BCUT2D eigenvalue weighted by atomic mass is 32.1. The second-order valence-corrected chi connectivity index (χ2v) is 5.11. The van der Waals surface area contributed by atoms with Crippen LogP contribution in [0.15, 0.2) is 18.2 Å². The summed E-state index contributed by atoms with van der Waals surface area (Å²) in [5, 5.41) is 0. The van der Waals surface area contributed by atoms with Crippen LogP contribution in [-0.2, 0) is 6.54 Å². The van der Waals surface area contributed by atoms with Crippen LogP contribution in [-0.4, -0.2) is 16.7 Å². The topological polar surface area (TPSA) is 29.9 Å². The highest BCUT2D eigenvalue weighted by Gasteiger charge is 2.19. The van der Waals surface area contributed by atoms with Crippen LogP contribution < -0.4 is 4.74 Å². The quantitative estimate of drug-likeness (QED) is 0.842. The van der Waals surface area contributed by atoms with E-state index in [1.807, 2.05) is 12.1 Å². The van der Waals surface area contributed by atoms with Crippen molar-refractivity contribution in [2.75, 3.05) is 7.11 Å². The summed E-state index contributed by atoms with van der Waals surface area (Å²) >= 11 is 5.39. The Kier molecular flexibility index (Phi) is 2.67. The Morgan fingerprint density at radius 1 is 1.47 bits per heavy atom. The van der Waals surface area contributed by atoms with Crippen LogP contribution in [0.3, 0.4) is 0 Å². The molecule has 1 saturated carbocycles. The molecule has 1 aromatic heterocycles. The van der Waals surface area contributed by atoms with E-state index in [-0.39, 0.29) is 0 Å². The number of ether oxygens (including phenoxy) is 1. The average Bonchev–Trinajstić information content (AvgIpc) is 2.58. The third-order valence-electron chi connectivity index (χ3n) is 3.65. The van der Waals surface area contributed by atoms with Crippen molar-refractivity contribution in [3.63, 3.8) is 0 Å². The number of imidazole rings is 1. The second kappa shape index (κ2) is 4.18. The number of aromatic amines is 1. The first-order chi connectivity index (χ1) is 8.28. The predicted octanol–water partition coefficient (Wildman–Crippen LogP) is 3.51. The molecule has 3 nitrogen and oxygen atoms in total. The molecule has 0 radical (unpaired) electrons. The van der Waals surface area contributed by atoms with Gasteiger partial charge in [0.05, 0.1) is 18.1 Å². The maximum atomic E-state index is 5.39. The van der Waals surface area contributed by atoms with E-state index in [4.69, 9.17) is 17.0 Å². The van der Waals surface area contributed by atoms with Gasteiger partial charge >= 0.3 is 0 Å². The molecule has 0 atom stereocenters. The molecule has 3 rings (SSSR count). The van der Waals surface area contributed by atoms with Crippen molar-refractivity contribution in [2.24, 2.45) is 5.92 Å². The highest BCUT2D eigenvalue weighted by molar-refractivity contribution is 7.71. The molecular formula is C13H16N2OS. The molecule has 0 spiro atoms. The Labute approximate surface area is 105 Å². The molecule has 1 N–H and O–H groups in total. The summed E-state index contributed by atoms with van der Waals surface area (Å²) in [7, 11) is 1.69. The molecule has 1 aromatic carbocycles. The van der Waals surface area contributed by atoms with Crippen LogP contribution >= 0.6 is 12.2 Å². The number of rotatable bonds is 3. The predicted molar refractivity (Wildman–Crippen MR) is 71.0 cm³/mol. The lowest BCUT2D eigenvalue weighted by molar-refractivity contribution is 0.278. The summed E-state index contributed by atoms with van der Waals surface area (Å²) in [6, 6.07) is 6.04. The summed E-state index contributed by atoms with van der Waals surface area (Å²) in [5.74, 6) is 1.68. The minimum Gasteiger partial charge on any atom is -0.497 e. The van der Waals surface area contributed by atoms with Crippen LogP contribution in [0.4, 0.5) is 0 Å². The highest BCUT2D eigenvalue weighted by Crippen LogP contribution is 2.30. The van der Waals surface area contributed by atoms with Crippen LogP contribution in [0.5, 0.6) is 5.75 Å². The van der Waals surface area contributed by atoms with Crippen molar-refractivity contribution in [1.29, 1.82) is 0 Å². The van der Waals surface area contributed by atoms with Gasteiger partial charge in [0.1, 0.15) is 5.75 Å². The number of aromatic nitrogens is 2. The SMILES string of the molecule is COc1ccc2[nH]c(=S)n(CC3CCC3)c2c1. The monoisotopic (exact) mass is 248 g/mol. The van der Waals surface area contributed by atoms with Gasteiger partial charge in [0.2, 0.25) is 0 Å². The molecule has 0 amide bonds. The van der Waals surface area contributed by atoms with Gasteiger partial charge in [-0.2, -0.15) is 0 Å². The minimum absolute atomic E-state index is 0.798. The summed E-state index contributed by atoms with van der Waals surface area (Å²) in [5.41, 5.74) is 2.25. The molecule has 0 aliphatic heterocycles. The van der Waals surface area contributed by atoms with E-state index in [1.165, 1.54) is 19.3 Å². The zero-order valence-corrected chi connectivity index (χ0v) is 10.7. The van der Waals surface area contributed by atoms with Gasteiger partial charge in [0.25, 0.3) is 0 Å². The first kappa shape index (κ1) is 10.8. The Morgan fingerprint density at radius 3 is 2.94 bits per heavy atom. The summed E-state index contributed by atoms with van der Waals surface area (Å²) in [6.07, 6.45) is 4.03. The number of methoxy groups -OCH3 is 1. The molecular weight excluding hydrogens is 232 g/mol. The van der Waals surface area contributed by atoms with Gasteiger partial charge in [0.15, 0.2) is 4.77 Å². The lowest BCUT2D eigenvalue weighted by atomic mass is 9.85. The van der Waals surface area contributed by atoms with Crippen molar-refractivity contribution in [3.05, 3.63) is 23.0 Å². The van der Waals surface area contributed by atoms with Crippen LogP contribution in [0.2, 0.25) is 0 Å². The molecule has 2 aromatic rings. The summed E-state index contributed by atoms with van der Waals surface area (Å²) in [6.45, 7) is 1.03. The van der Waals surface area contributed by atoms with Gasteiger partial charge in [-0.05, 0) is 43.1 Å². The average molecular weight is 248 g/mol. The minimum atomic E-state index is 0.798. The smallest absolute Gasteiger partial charge is 0.178 e. The van der Waals surface area contributed by atoms with Crippen LogP contribution in [0, 0.1) is 10.7 Å². The number of hydrogen-bond acceptors (Lipinski definition) is 2. The standard InChI is InChI=1S/C13H16N2OS/c1-16-10-5-6-11-12(7-10)15(13(17)14-11)8-9-3-2-4-9/h5-7,9H,2-4,8H2,1H3,(H,14,17). The lowest BCUT2D eigenvalue weighted by Gasteiger charge is -2.25. The summed E-state index contributed by atoms with van der Waals surface area (Å²) in [4.78, 5) is 3.25. The maximum Gasteiger partial charge on any atom is 0.178 e. The Bertz CT molecular complexity index is 595. The number of nitrogens with zero attached hydrogens (tertiary/aromatic N) is 1. The van der Waals surface area contributed by atoms with Crippen molar-refractivity contribution < 1.29 is 4.74 Å². The fraction of sp³-hybridized carbons (Fsp3) is 0.462. The van der Waals surface area contributed by atoms with Crippen molar-refractivity contribution in [1.82, 2.24) is 9.55 Å². The van der Waals surface area contributed by atoms with Gasteiger partial charge in [-0.25, -0.2) is 0 Å². The molecule has 17 heavy (non-hydrogen) atoms. The molecule has 0 bridgehead atoms. The fourth-order valence-corrected chi connectivity index (χ4v) is 2.66. The van der Waals surface area contributed by atoms with Crippen LogP contribution in [0.1, 0.15) is 19.3 Å². The lowest BCUT2D eigenvalue weighted by Crippen LogP contribution is -2.17. The first-order valence-corrected chi connectivity index (χ1v) is 6.45. The van der Waals surface area contributed by atoms with E-state index in [0.29, 0.717) is 0 Å². The molecule has 0 saturated heterocycles. The Balaban J connectivity index is 2.07. The second-order valence-electron chi connectivity index (χ2n) is 4.72. The summed E-state index contributed by atoms with van der Waals surface area (Å²) < 4.78 is 8.30. The first-order valence-electron chi connectivity index (χ1n) is 6.04. The number of H-pyrrole nitrogens is 1. The third kappa shape index (κ3) is 1.86. The van der Waals surface area contributed by atoms with E-state index < -0.39 is 0 Å². The zero-order valence-electron chi connectivity index (χ0n) is 9.90. The van der Waals surface area contributed by atoms with Gasteiger partial charge < -0.3 is 14.3 Å². The number of nitrogens with one attached hydrogen (secondary N) is 1. The van der Waals surface area contributed by atoms with Gasteiger partial charge in [-0.15, -0.1) is 0 Å². The van der Waals surface area contributed by atoms with Gasteiger partial charge in [-0.3, -0.25) is 0 Å². The van der Waals surface area contributed by atoms with Crippen LogP contribution in [0.25, 0.3) is 11.0 Å². The zero-order chi connectivity index (χ0) is 11.8. The number of hydrogen-bond donors (Lipinski definition) is 1. The molecule has 1 aliphatic carbocycles. The van der Waals surface area contributed by atoms with Crippen molar-refractivity contribution in [2.45, 2.75) is 25.8 Å². The van der Waals surface area contributed by atoms with Crippen molar-refractivity contribution in [3.8, 4) is 5.75 Å². The number of fused-ring (bicyclic) bond motifs is 1. The van der Waals surface area contributed by atoms with Gasteiger partial charge in [-0.1, -0.05) is 6.42 Å². The van der Waals surface area contributed by atoms with E-state index in [0.717, 1.165) is 34.0 Å². The Hall–Kier alpha value is -1.29. The maximum absolute atomic E-state index is 5.39.